The van der Waals surface area contributed by atoms with Gasteiger partial charge in [0.2, 0.25) is 5.91 Å². The van der Waals surface area contributed by atoms with E-state index in [1.54, 1.807) is 12.3 Å². The number of nitrogens with one attached hydrogen (secondary N) is 1. The number of aryl methyl sites for hydroxylation is 1. The van der Waals surface area contributed by atoms with Crippen molar-refractivity contribution in [3.63, 3.8) is 0 Å². The van der Waals surface area contributed by atoms with Crippen LogP contribution in [0, 0.1) is 0 Å². The molecule has 142 valence electrons. The lowest BCUT2D eigenvalue weighted by Gasteiger charge is -2.08. The highest BCUT2D eigenvalue weighted by Crippen LogP contribution is 2.18. The number of rotatable bonds is 13. The smallest absolute Gasteiger partial charge is 0.230 e. The molecule has 7 heteroatoms. The summed E-state index contributed by atoms with van der Waals surface area (Å²) in [5.41, 5.74) is 0. The molecule has 0 spiro atoms. The Morgan fingerprint density at radius 1 is 1.35 bits per heavy atom. The average molecular weight is 377 g/mol. The van der Waals surface area contributed by atoms with E-state index in [-0.39, 0.29) is 5.91 Å². The van der Waals surface area contributed by atoms with Crippen molar-refractivity contribution in [2.24, 2.45) is 0 Å². The quantitative estimate of drug-likeness (QED) is 0.325. The Hall–Kier alpha value is -2.02. The molecule has 0 aliphatic rings. The fourth-order valence-corrected chi connectivity index (χ4v) is 3.39. The fraction of sp³-hybridized carbons (Fsp3) is 0.526. The number of aromatic nitrogens is 3. The van der Waals surface area contributed by atoms with Gasteiger partial charge in [0, 0.05) is 13.0 Å². The number of furan rings is 1. The highest BCUT2D eigenvalue weighted by atomic mass is 32.2. The molecule has 2 aromatic rings. The molecule has 0 saturated heterocycles. The first-order valence-corrected chi connectivity index (χ1v) is 10.2. The summed E-state index contributed by atoms with van der Waals surface area (Å²) in [5.74, 6) is 1.95. The van der Waals surface area contributed by atoms with Crippen LogP contribution >= 0.6 is 11.8 Å². The van der Waals surface area contributed by atoms with Gasteiger partial charge in [0.25, 0.3) is 0 Å². The van der Waals surface area contributed by atoms with Gasteiger partial charge in [-0.15, -0.1) is 16.8 Å². The second-order valence-corrected chi connectivity index (χ2v) is 7.05. The van der Waals surface area contributed by atoms with Crippen molar-refractivity contribution in [2.45, 2.75) is 63.7 Å². The third kappa shape index (κ3) is 6.71. The molecule has 0 radical (unpaired) electrons. The highest BCUT2D eigenvalue weighted by Gasteiger charge is 2.13. The number of thioether (sulfide) groups is 1. The number of unbranched alkanes of at least 4 members (excludes halogenated alkanes) is 4. The van der Waals surface area contributed by atoms with Gasteiger partial charge in [-0.3, -0.25) is 4.79 Å². The molecule has 0 saturated carbocycles. The Morgan fingerprint density at radius 3 is 2.92 bits per heavy atom. The third-order valence-electron chi connectivity index (χ3n) is 3.98. The van der Waals surface area contributed by atoms with Crippen molar-refractivity contribution in [3.8, 4) is 0 Å². The summed E-state index contributed by atoms with van der Waals surface area (Å²) in [6.07, 6.45) is 10.5. The molecule has 0 fully saturated rings. The van der Waals surface area contributed by atoms with Gasteiger partial charge in [-0.05, 0) is 18.6 Å². The van der Waals surface area contributed by atoms with Crippen molar-refractivity contribution in [3.05, 3.63) is 42.6 Å². The first-order valence-electron chi connectivity index (χ1n) is 9.19. The van der Waals surface area contributed by atoms with E-state index in [2.05, 4.69) is 33.6 Å². The molecule has 2 rings (SSSR count). The largest absolute Gasteiger partial charge is 0.467 e. The molecular weight excluding hydrogens is 348 g/mol. The number of amides is 1. The van der Waals surface area contributed by atoms with Gasteiger partial charge in [-0.25, -0.2) is 0 Å². The first kappa shape index (κ1) is 20.3. The zero-order valence-corrected chi connectivity index (χ0v) is 16.3. The maximum Gasteiger partial charge on any atom is 0.230 e. The van der Waals surface area contributed by atoms with E-state index >= 15 is 0 Å². The molecule has 0 aliphatic carbocycles. The van der Waals surface area contributed by atoms with Crippen molar-refractivity contribution >= 4 is 17.7 Å². The lowest BCUT2D eigenvalue weighted by Crippen LogP contribution is -2.24. The van der Waals surface area contributed by atoms with Crippen LogP contribution < -0.4 is 5.32 Å². The van der Waals surface area contributed by atoms with Crippen LogP contribution in [0.1, 0.15) is 50.6 Å². The summed E-state index contributed by atoms with van der Waals surface area (Å²) < 4.78 is 7.26. The summed E-state index contributed by atoms with van der Waals surface area (Å²) in [7, 11) is 0. The molecule has 0 unspecified atom stereocenters. The van der Waals surface area contributed by atoms with Crippen LogP contribution in [0.4, 0.5) is 0 Å². The van der Waals surface area contributed by atoms with Crippen molar-refractivity contribution < 1.29 is 9.21 Å². The van der Waals surface area contributed by atoms with Gasteiger partial charge in [0.1, 0.15) is 11.6 Å². The number of hydrogen-bond donors (Lipinski definition) is 1. The molecule has 6 nitrogen and oxygen atoms in total. The van der Waals surface area contributed by atoms with Crippen LogP contribution in [0.3, 0.4) is 0 Å². The van der Waals surface area contributed by atoms with Crippen LogP contribution in [0.5, 0.6) is 0 Å². The SMILES string of the molecule is C=CCn1c(CCCCCCC)nnc1SCC(=O)NCc1ccco1. The number of carbonyl (C=O) groups excluding carboxylic acids is 1. The second-order valence-electron chi connectivity index (χ2n) is 6.11. The van der Waals surface area contributed by atoms with E-state index in [0.717, 1.165) is 29.6 Å². The lowest BCUT2D eigenvalue weighted by molar-refractivity contribution is -0.118. The van der Waals surface area contributed by atoms with Crippen LogP contribution in [-0.4, -0.2) is 26.4 Å². The normalized spacial score (nSPS) is 10.8. The van der Waals surface area contributed by atoms with Gasteiger partial charge in [-0.1, -0.05) is 50.4 Å². The zero-order valence-electron chi connectivity index (χ0n) is 15.4. The van der Waals surface area contributed by atoms with Crippen molar-refractivity contribution in [1.29, 1.82) is 0 Å². The van der Waals surface area contributed by atoms with E-state index in [0.29, 0.717) is 18.8 Å². The molecular formula is C19H28N4O2S. The molecule has 0 aliphatic heterocycles. The number of hydrogen-bond acceptors (Lipinski definition) is 5. The number of allylic oxidation sites excluding steroid dienone is 1. The molecule has 0 bridgehead atoms. The summed E-state index contributed by atoms with van der Waals surface area (Å²) >= 11 is 1.40. The van der Waals surface area contributed by atoms with Gasteiger partial charge < -0.3 is 14.3 Å². The summed E-state index contributed by atoms with van der Waals surface area (Å²) in [4.78, 5) is 12.0. The van der Waals surface area contributed by atoms with Gasteiger partial charge >= 0.3 is 0 Å². The molecule has 1 N–H and O–H groups in total. The predicted octanol–water partition coefficient (Wildman–Crippen LogP) is 3.98. The molecule has 26 heavy (non-hydrogen) atoms. The van der Waals surface area contributed by atoms with Gasteiger partial charge in [0.05, 0.1) is 18.6 Å². The topological polar surface area (TPSA) is 73.0 Å². The Balaban J connectivity index is 1.81. The van der Waals surface area contributed by atoms with E-state index in [4.69, 9.17) is 4.42 Å². The summed E-state index contributed by atoms with van der Waals surface area (Å²) in [5, 5.41) is 12.2. The standard InChI is InChI=1S/C19H28N4O2S/c1-3-5-6-7-8-11-17-21-22-19(23(17)12-4-2)26-15-18(24)20-14-16-10-9-13-25-16/h4,9-10,13H,2-3,5-8,11-12,14-15H2,1H3,(H,20,24). The highest BCUT2D eigenvalue weighted by molar-refractivity contribution is 7.99. The van der Waals surface area contributed by atoms with E-state index < -0.39 is 0 Å². The third-order valence-corrected chi connectivity index (χ3v) is 4.95. The van der Waals surface area contributed by atoms with Crippen molar-refractivity contribution in [2.75, 3.05) is 5.75 Å². The minimum absolute atomic E-state index is 0.0549. The molecule has 2 heterocycles. The fourth-order valence-electron chi connectivity index (χ4n) is 2.59. The summed E-state index contributed by atoms with van der Waals surface area (Å²) in [6, 6.07) is 3.64. The monoisotopic (exact) mass is 376 g/mol. The molecule has 1 amide bonds. The maximum atomic E-state index is 12.0. The zero-order chi connectivity index (χ0) is 18.6. The van der Waals surface area contributed by atoms with E-state index in [1.165, 1.54) is 37.4 Å². The van der Waals surface area contributed by atoms with Crippen LogP contribution in [0.2, 0.25) is 0 Å². The molecule has 2 aromatic heterocycles. The average Bonchev–Trinajstić information content (AvgIpc) is 3.29. The minimum atomic E-state index is -0.0549. The van der Waals surface area contributed by atoms with Crippen LogP contribution in [-0.2, 0) is 24.3 Å². The lowest BCUT2D eigenvalue weighted by atomic mass is 10.1. The van der Waals surface area contributed by atoms with E-state index in [1.807, 2.05) is 12.1 Å². The number of carbonyl (C=O) groups is 1. The minimum Gasteiger partial charge on any atom is -0.467 e. The van der Waals surface area contributed by atoms with Gasteiger partial charge in [0.15, 0.2) is 5.16 Å². The molecule has 0 atom stereocenters. The predicted molar refractivity (Wildman–Crippen MR) is 104 cm³/mol. The Labute approximate surface area is 159 Å². The Bertz CT molecular complexity index is 667. The number of nitrogens with zero attached hydrogens (tertiary/aromatic N) is 3. The van der Waals surface area contributed by atoms with E-state index in [9.17, 15) is 4.79 Å². The Kier molecular flexibility index (Phi) is 9.03. The van der Waals surface area contributed by atoms with Gasteiger partial charge in [-0.2, -0.15) is 0 Å². The van der Waals surface area contributed by atoms with Crippen LogP contribution in [0.25, 0.3) is 0 Å². The maximum absolute atomic E-state index is 12.0. The summed E-state index contributed by atoms with van der Waals surface area (Å²) in [6.45, 7) is 7.09. The van der Waals surface area contributed by atoms with Crippen molar-refractivity contribution in [1.82, 2.24) is 20.1 Å². The Morgan fingerprint density at radius 2 is 2.19 bits per heavy atom. The van der Waals surface area contributed by atoms with Crippen LogP contribution in [0.15, 0.2) is 40.6 Å². The molecule has 0 aromatic carbocycles. The first-order chi connectivity index (χ1) is 12.7. The second kappa shape index (κ2) is 11.6.